The monoisotopic (exact) mass is 291 g/mol. The molecule has 1 saturated carbocycles. The maximum absolute atomic E-state index is 5.87. The zero-order valence-corrected chi connectivity index (χ0v) is 12.8. The van der Waals surface area contributed by atoms with Crippen molar-refractivity contribution in [3.8, 4) is 5.88 Å². The van der Waals surface area contributed by atoms with Gasteiger partial charge in [-0.1, -0.05) is 6.92 Å². The SMILES string of the molecule is CCCNc1cc(OCC2CCCCO2)nc(C2CC2)n1. The molecular formula is C16H25N3O2. The van der Waals surface area contributed by atoms with E-state index in [1.54, 1.807) is 0 Å². The molecule has 1 aromatic rings. The Kier molecular flexibility index (Phi) is 4.91. The molecule has 1 atom stereocenters. The summed E-state index contributed by atoms with van der Waals surface area (Å²) >= 11 is 0. The number of anilines is 1. The molecule has 1 aliphatic heterocycles. The number of aromatic nitrogens is 2. The second kappa shape index (κ2) is 7.07. The van der Waals surface area contributed by atoms with Crippen LogP contribution in [0.5, 0.6) is 5.88 Å². The first-order valence-electron chi connectivity index (χ1n) is 8.22. The molecular weight excluding hydrogens is 266 g/mol. The van der Waals surface area contributed by atoms with E-state index in [1.165, 1.54) is 25.7 Å². The lowest BCUT2D eigenvalue weighted by Crippen LogP contribution is -2.26. The first kappa shape index (κ1) is 14.6. The summed E-state index contributed by atoms with van der Waals surface area (Å²) in [5.74, 6) is 3.02. The normalized spacial score (nSPS) is 22.0. The Morgan fingerprint density at radius 3 is 2.90 bits per heavy atom. The summed E-state index contributed by atoms with van der Waals surface area (Å²) in [6, 6.07) is 1.91. The van der Waals surface area contributed by atoms with Crippen molar-refractivity contribution >= 4 is 5.82 Å². The number of ether oxygens (including phenoxy) is 2. The summed E-state index contributed by atoms with van der Waals surface area (Å²) in [7, 11) is 0. The molecule has 5 nitrogen and oxygen atoms in total. The molecule has 1 aliphatic carbocycles. The Hall–Kier alpha value is -1.36. The van der Waals surface area contributed by atoms with Crippen molar-refractivity contribution in [2.24, 2.45) is 0 Å². The summed E-state index contributed by atoms with van der Waals surface area (Å²) in [5.41, 5.74) is 0. The Morgan fingerprint density at radius 2 is 2.19 bits per heavy atom. The molecule has 2 aliphatic rings. The third-order valence-electron chi connectivity index (χ3n) is 3.91. The minimum absolute atomic E-state index is 0.213. The summed E-state index contributed by atoms with van der Waals surface area (Å²) in [6.07, 6.45) is 7.17. The number of nitrogens with one attached hydrogen (secondary N) is 1. The van der Waals surface area contributed by atoms with Crippen LogP contribution in [0.2, 0.25) is 0 Å². The fraction of sp³-hybridized carbons (Fsp3) is 0.750. The molecule has 0 spiro atoms. The Bertz CT molecular complexity index is 457. The van der Waals surface area contributed by atoms with Crippen LogP contribution in [0.25, 0.3) is 0 Å². The molecule has 2 fully saturated rings. The highest BCUT2D eigenvalue weighted by Crippen LogP contribution is 2.39. The fourth-order valence-corrected chi connectivity index (χ4v) is 2.50. The minimum atomic E-state index is 0.213. The lowest BCUT2D eigenvalue weighted by Gasteiger charge is -2.22. The van der Waals surface area contributed by atoms with Crippen LogP contribution >= 0.6 is 0 Å². The average molecular weight is 291 g/mol. The second-order valence-electron chi connectivity index (χ2n) is 5.95. The third-order valence-corrected chi connectivity index (χ3v) is 3.91. The van der Waals surface area contributed by atoms with E-state index in [-0.39, 0.29) is 6.10 Å². The van der Waals surface area contributed by atoms with E-state index in [1.807, 2.05) is 6.07 Å². The molecule has 21 heavy (non-hydrogen) atoms. The lowest BCUT2D eigenvalue weighted by molar-refractivity contribution is -0.0120. The van der Waals surface area contributed by atoms with Crippen LogP contribution in [-0.2, 0) is 4.74 Å². The van der Waals surface area contributed by atoms with Crippen LogP contribution in [0, 0.1) is 0 Å². The molecule has 0 aromatic carbocycles. The highest BCUT2D eigenvalue weighted by molar-refractivity contribution is 5.39. The molecule has 116 valence electrons. The first-order valence-corrected chi connectivity index (χ1v) is 8.22. The Balaban J connectivity index is 1.63. The van der Waals surface area contributed by atoms with Gasteiger partial charge < -0.3 is 14.8 Å². The van der Waals surface area contributed by atoms with Crippen LogP contribution in [0.15, 0.2) is 6.07 Å². The van der Waals surface area contributed by atoms with Gasteiger partial charge in [-0.2, -0.15) is 4.98 Å². The number of rotatable bonds is 7. The van der Waals surface area contributed by atoms with Gasteiger partial charge in [-0.05, 0) is 38.5 Å². The van der Waals surface area contributed by atoms with E-state index in [4.69, 9.17) is 9.47 Å². The smallest absolute Gasteiger partial charge is 0.218 e. The predicted molar refractivity (Wildman–Crippen MR) is 81.9 cm³/mol. The molecule has 0 bridgehead atoms. The zero-order chi connectivity index (χ0) is 14.5. The van der Waals surface area contributed by atoms with Gasteiger partial charge in [0.1, 0.15) is 18.2 Å². The van der Waals surface area contributed by atoms with Gasteiger partial charge in [-0.25, -0.2) is 4.98 Å². The van der Waals surface area contributed by atoms with Crippen molar-refractivity contribution in [3.05, 3.63) is 11.9 Å². The molecule has 3 rings (SSSR count). The van der Waals surface area contributed by atoms with Crippen LogP contribution < -0.4 is 10.1 Å². The van der Waals surface area contributed by atoms with E-state index >= 15 is 0 Å². The standard InChI is InChI=1S/C16H25N3O2/c1-2-8-17-14-10-15(19-16(18-14)12-6-7-12)21-11-13-5-3-4-9-20-13/h10,12-13H,2-9,11H2,1H3,(H,17,18,19). The van der Waals surface area contributed by atoms with Gasteiger partial charge in [0.2, 0.25) is 5.88 Å². The molecule has 5 heteroatoms. The van der Waals surface area contributed by atoms with Crippen molar-refractivity contribution in [2.75, 3.05) is 25.1 Å². The van der Waals surface area contributed by atoms with Gasteiger partial charge >= 0.3 is 0 Å². The summed E-state index contributed by atoms with van der Waals surface area (Å²) in [4.78, 5) is 9.15. The highest BCUT2D eigenvalue weighted by atomic mass is 16.5. The Morgan fingerprint density at radius 1 is 1.29 bits per heavy atom. The van der Waals surface area contributed by atoms with E-state index in [2.05, 4.69) is 22.2 Å². The van der Waals surface area contributed by atoms with Crippen molar-refractivity contribution < 1.29 is 9.47 Å². The summed E-state index contributed by atoms with van der Waals surface area (Å²) in [5, 5.41) is 3.33. The Labute approximate surface area is 126 Å². The van der Waals surface area contributed by atoms with Crippen molar-refractivity contribution in [2.45, 2.75) is 57.5 Å². The first-order chi connectivity index (χ1) is 10.3. The van der Waals surface area contributed by atoms with Crippen LogP contribution in [0.3, 0.4) is 0 Å². The summed E-state index contributed by atoms with van der Waals surface area (Å²) in [6.45, 7) is 4.52. The third kappa shape index (κ3) is 4.30. The number of hydrogen-bond acceptors (Lipinski definition) is 5. The number of nitrogens with zero attached hydrogens (tertiary/aromatic N) is 2. The predicted octanol–water partition coefficient (Wildman–Crippen LogP) is 3.12. The van der Waals surface area contributed by atoms with Crippen molar-refractivity contribution in [3.63, 3.8) is 0 Å². The van der Waals surface area contributed by atoms with Crippen LogP contribution in [-0.4, -0.2) is 35.8 Å². The molecule has 0 radical (unpaired) electrons. The lowest BCUT2D eigenvalue weighted by atomic mass is 10.1. The fourth-order valence-electron chi connectivity index (χ4n) is 2.50. The molecule has 1 unspecified atom stereocenters. The summed E-state index contributed by atoms with van der Waals surface area (Å²) < 4.78 is 11.6. The highest BCUT2D eigenvalue weighted by Gasteiger charge is 2.27. The molecule has 0 amide bonds. The quantitative estimate of drug-likeness (QED) is 0.836. The number of hydrogen-bond donors (Lipinski definition) is 1. The van der Waals surface area contributed by atoms with E-state index < -0.39 is 0 Å². The zero-order valence-electron chi connectivity index (χ0n) is 12.8. The van der Waals surface area contributed by atoms with Crippen molar-refractivity contribution in [1.82, 2.24) is 9.97 Å². The molecule has 2 heterocycles. The van der Waals surface area contributed by atoms with Crippen molar-refractivity contribution in [1.29, 1.82) is 0 Å². The largest absolute Gasteiger partial charge is 0.475 e. The van der Waals surface area contributed by atoms with Crippen LogP contribution in [0.1, 0.15) is 57.2 Å². The van der Waals surface area contributed by atoms with Gasteiger partial charge in [0.25, 0.3) is 0 Å². The maximum Gasteiger partial charge on any atom is 0.218 e. The van der Waals surface area contributed by atoms with Gasteiger partial charge in [0.05, 0.1) is 6.10 Å². The van der Waals surface area contributed by atoms with Crippen LogP contribution in [0.4, 0.5) is 5.82 Å². The maximum atomic E-state index is 5.87. The minimum Gasteiger partial charge on any atom is -0.475 e. The van der Waals surface area contributed by atoms with Gasteiger partial charge in [-0.15, -0.1) is 0 Å². The van der Waals surface area contributed by atoms with E-state index in [0.717, 1.165) is 37.6 Å². The molecule has 1 N–H and O–H groups in total. The van der Waals surface area contributed by atoms with Gasteiger partial charge in [-0.3, -0.25) is 0 Å². The second-order valence-corrected chi connectivity index (χ2v) is 5.95. The van der Waals surface area contributed by atoms with E-state index in [9.17, 15) is 0 Å². The molecule has 1 aromatic heterocycles. The van der Waals surface area contributed by atoms with E-state index in [0.29, 0.717) is 18.4 Å². The molecule has 1 saturated heterocycles. The average Bonchev–Trinajstić information content (AvgIpc) is 3.37. The van der Waals surface area contributed by atoms with Gasteiger partial charge in [0, 0.05) is 25.1 Å². The topological polar surface area (TPSA) is 56.3 Å². The van der Waals surface area contributed by atoms with Gasteiger partial charge in [0.15, 0.2) is 0 Å².